The van der Waals surface area contributed by atoms with Crippen LogP contribution in [0.2, 0.25) is 5.02 Å². The maximum atomic E-state index is 13.1. The fraction of sp³-hybridized carbons (Fsp3) is 0.125. The quantitative estimate of drug-likeness (QED) is 0.416. The van der Waals surface area contributed by atoms with Crippen molar-refractivity contribution in [2.45, 2.75) is 13.3 Å². The van der Waals surface area contributed by atoms with E-state index in [0.29, 0.717) is 34.8 Å². The normalized spacial score (nSPS) is 10.9. The summed E-state index contributed by atoms with van der Waals surface area (Å²) < 4.78 is 12.1. The highest BCUT2D eigenvalue weighted by Crippen LogP contribution is 2.32. The van der Waals surface area contributed by atoms with Gasteiger partial charge in [-0.15, -0.1) is 0 Å². The van der Waals surface area contributed by atoms with Gasteiger partial charge in [-0.2, -0.15) is 0 Å². The van der Waals surface area contributed by atoms with Gasteiger partial charge in [-0.05, 0) is 54.4 Å². The molecule has 0 aliphatic rings. The molecular formula is C24H19ClO3. The molecule has 3 nitrogen and oxygen atoms in total. The number of fused-ring (bicyclic) bond motifs is 1. The summed E-state index contributed by atoms with van der Waals surface area (Å²) in [6.07, 6.45) is 0.701. The van der Waals surface area contributed by atoms with E-state index in [1.807, 2.05) is 61.5 Å². The SMILES string of the molecule is Cc1ccc2c(=O)c(OCCc3ccccc3)c(-c3ccc(Cl)cc3)oc2c1. The minimum atomic E-state index is -0.167. The van der Waals surface area contributed by atoms with Gasteiger partial charge in [0.2, 0.25) is 11.2 Å². The molecule has 4 aromatic rings. The average Bonchev–Trinajstić information content (AvgIpc) is 2.71. The first-order valence-corrected chi connectivity index (χ1v) is 9.50. The molecule has 0 amide bonds. The molecule has 0 unspecified atom stereocenters. The van der Waals surface area contributed by atoms with Crippen LogP contribution in [-0.2, 0) is 6.42 Å². The molecular weight excluding hydrogens is 372 g/mol. The van der Waals surface area contributed by atoms with Crippen LogP contribution in [0.5, 0.6) is 5.75 Å². The molecule has 28 heavy (non-hydrogen) atoms. The van der Waals surface area contributed by atoms with Gasteiger partial charge in [0, 0.05) is 17.0 Å². The Balaban J connectivity index is 1.76. The Kier molecular flexibility index (Phi) is 5.18. The Hall–Kier alpha value is -3.04. The first kappa shape index (κ1) is 18.3. The molecule has 0 spiro atoms. The van der Waals surface area contributed by atoms with Gasteiger partial charge < -0.3 is 9.15 Å². The largest absolute Gasteiger partial charge is 0.486 e. The molecule has 0 atom stereocenters. The second kappa shape index (κ2) is 7.91. The Bertz CT molecular complexity index is 1160. The summed E-state index contributed by atoms with van der Waals surface area (Å²) in [6, 6.07) is 22.8. The van der Waals surface area contributed by atoms with Crippen LogP contribution in [0.4, 0.5) is 0 Å². The number of aryl methyl sites for hydroxylation is 1. The lowest BCUT2D eigenvalue weighted by Gasteiger charge is -2.12. The zero-order valence-electron chi connectivity index (χ0n) is 15.4. The van der Waals surface area contributed by atoms with Crippen molar-refractivity contribution in [3.8, 4) is 17.1 Å². The van der Waals surface area contributed by atoms with Gasteiger partial charge in [0.15, 0.2) is 5.76 Å². The monoisotopic (exact) mass is 390 g/mol. The van der Waals surface area contributed by atoms with Gasteiger partial charge in [-0.1, -0.05) is 48.0 Å². The number of rotatable bonds is 5. The molecule has 3 aromatic carbocycles. The Labute approximate surface area is 168 Å². The lowest BCUT2D eigenvalue weighted by atomic mass is 10.1. The van der Waals surface area contributed by atoms with Crippen LogP contribution in [0.3, 0.4) is 0 Å². The lowest BCUT2D eigenvalue weighted by Crippen LogP contribution is -2.12. The van der Waals surface area contributed by atoms with E-state index >= 15 is 0 Å². The predicted molar refractivity (Wildman–Crippen MR) is 113 cm³/mol. The lowest BCUT2D eigenvalue weighted by molar-refractivity contribution is 0.313. The number of hydrogen-bond donors (Lipinski definition) is 0. The Morgan fingerprint density at radius 2 is 1.71 bits per heavy atom. The fourth-order valence-corrected chi connectivity index (χ4v) is 3.25. The van der Waals surface area contributed by atoms with Gasteiger partial charge in [-0.25, -0.2) is 0 Å². The standard InChI is InChI=1S/C24H19ClO3/c1-16-7-12-20-21(15-16)28-23(18-8-10-19(25)11-9-18)24(22(20)26)27-14-13-17-5-3-2-4-6-17/h2-12,15H,13-14H2,1H3. The van der Waals surface area contributed by atoms with Gasteiger partial charge in [0.25, 0.3) is 0 Å². The molecule has 0 saturated carbocycles. The number of hydrogen-bond acceptors (Lipinski definition) is 3. The maximum Gasteiger partial charge on any atom is 0.235 e. The molecule has 4 rings (SSSR count). The van der Waals surface area contributed by atoms with E-state index in [4.69, 9.17) is 20.8 Å². The van der Waals surface area contributed by atoms with E-state index < -0.39 is 0 Å². The Morgan fingerprint density at radius 3 is 2.46 bits per heavy atom. The molecule has 140 valence electrons. The van der Waals surface area contributed by atoms with E-state index in [0.717, 1.165) is 16.7 Å². The number of halogens is 1. The third kappa shape index (κ3) is 3.80. The summed E-state index contributed by atoms with van der Waals surface area (Å²) in [5.41, 5.74) is 3.30. The van der Waals surface area contributed by atoms with Gasteiger partial charge >= 0.3 is 0 Å². The summed E-state index contributed by atoms with van der Waals surface area (Å²) >= 11 is 6.01. The van der Waals surface area contributed by atoms with Crippen LogP contribution in [0.15, 0.2) is 82.0 Å². The van der Waals surface area contributed by atoms with Crippen LogP contribution in [0.1, 0.15) is 11.1 Å². The molecule has 0 fully saturated rings. The van der Waals surface area contributed by atoms with Crippen LogP contribution in [0, 0.1) is 6.92 Å². The van der Waals surface area contributed by atoms with Crippen molar-refractivity contribution < 1.29 is 9.15 Å². The van der Waals surface area contributed by atoms with Crippen molar-refractivity contribution >= 4 is 22.6 Å². The molecule has 0 N–H and O–H groups in total. The number of ether oxygens (including phenoxy) is 1. The topological polar surface area (TPSA) is 39.4 Å². The van der Waals surface area contributed by atoms with Gasteiger partial charge in [0.1, 0.15) is 5.58 Å². The van der Waals surface area contributed by atoms with Gasteiger partial charge in [0.05, 0.1) is 12.0 Å². The minimum Gasteiger partial charge on any atom is -0.486 e. The summed E-state index contributed by atoms with van der Waals surface area (Å²) in [5.74, 6) is 0.655. The van der Waals surface area contributed by atoms with Crippen molar-refractivity contribution in [2.24, 2.45) is 0 Å². The van der Waals surface area contributed by atoms with E-state index in [1.54, 1.807) is 18.2 Å². The summed E-state index contributed by atoms with van der Waals surface area (Å²) in [5, 5.41) is 1.13. The smallest absolute Gasteiger partial charge is 0.235 e. The van der Waals surface area contributed by atoms with Crippen LogP contribution < -0.4 is 10.2 Å². The number of benzene rings is 3. The molecule has 0 saturated heterocycles. The summed E-state index contributed by atoms with van der Waals surface area (Å²) in [6.45, 7) is 2.35. The molecule has 0 radical (unpaired) electrons. The van der Waals surface area contributed by atoms with E-state index in [2.05, 4.69) is 0 Å². The van der Waals surface area contributed by atoms with E-state index in [9.17, 15) is 4.79 Å². The van der Waals surface area contributed by atoms with Crippen molar-refractivity contribution in [2.75, 3.05) is 6.61 Å². The van der Waals surface area contributed by atoms with Crippen LogP contribution >= 0.6 is 11.6 Å². The average molecular weight is 391 g/mol. The first-order valence-electron chi connectivity index (χ1n) is 9.12. The highest BCUT2D eigenvalue weighted by Gasteiger charge is 2.18. The van der Waals surface area contributed by atoms with Crippen LogP contribution in [0.25, 0.3) is 22.3 Å². The summed E-state index contributed by atoms with van der Waals surface area (Å²) in [4.78, 5) is 13.1. The fourth-order valence-electron chi connectivity index (χ4n) is 3.12. The van der Waals surface area contributed by atoms with Crippen molar-refractivity contribution in [3.05, 3.63) is 99.2 Å². The molecule has 1 aromatic heterocycles. The van der Waals surface area contributed by atoms with Crippen molar-refractivity contribution in [3.63, 3.8) is 0 Å². The first-order chi connectivity index (χ1) is 13.6. The highest BCUT2D eigenvalue weighted by molar-refractivity contribution is 6.30. The van der Waals surface area contributed by atoms with E-state index in [1.165, 1.54) is 0 Å². The van der Waals surface area contributed by atoms with Crippen molar-refractivity contribution in [1.29, 1.82) is 0 Å². The second-order valence-corrected chi connectivity index (χ2v) is 7.12. The second-order valence-electron chi connectivity index (χ2n) is 6.68. The Morgan fingerprint density at radius 1 is 0.964 bits per heavy atom. The van der Waals surface area contributed by atoms with Crippen LogP contribution in [-0.4, -0.2) is 6.61 Å². The molecule has 1 heterocycles. The zero-order valence-corrected chi connectivity index (χ0v) is 16.2. The highest BCUT2D eigenvalue weighted by atomic mass is 35.5. The maximum absolute atomic E-state index is 13.1. The third-order valence-electron chi connectivity index (χ3n) is 4.59. The van der Waals surface area contributed by atoms with Crippen molar-refractivity contribution in [1.82, 2.24) is 0 Å². The molecule has 0 bridgehead atoms. The molecule has 4 heteroatoms. The predicted octanol–water partition coefficient (Wildman–Crippen LogP) is 6.04. The van der Waals surface area contributed by atoms with E-state index in [-0.39, 0.29) is 11.2 Å². The molecule has 0 aliphatic carbocycles. The third-order valence-corrected chi connectivity index (χ3v) is 4.84. The molecule has 0 aliphatic heterocycles. The van der Waals surface area contributed by atoms with Gasteiger partial charge in [-0.3, -0.25) is 4.79 Å². The summed E-state index contributed by atoms with van der Waals surface area (Å²) in [7, 11) is 0. The zero-order chi connectivity index (χ0) is 19.5. The minimum absolute atomic E-state index is 0.167.